The Morgan fingerprint density at radius 2 is 1.88 bits per heavy atom. The van der Waals surface area contributed by atoms with Gasteiger partial charge in [0, 0.05) is 12.6 Å². The van der Waals surface area contributed by atoms with Gasteiger partial charge >= 0.3 is 0 Å². The molecule has 0 atom stereocenters. The summed E-state index contributed by atoms with van der Waals surface area (Å²) in [5.41, 5.74) is 0.565. The summed E-state index contributed by atoms with van der Waals surface area (Å²) in [7, 11) is -0.969. The lowest BCUT2D eigenvalue weighted by Crippen LogP contribution is -2.14. The predicted molar refractivity (Wildman–Crippen MR) is 95.2 cm³/mol. The molecule has 26 heavy (non-hydrogen) atoms. The summed E-state index contributed by atoms with van der Waals surface area (Å²) in [4.78, 5) is 0.0788. The van der Waals surface area contributed by atoms with Crippen molar-refractivity contribution in [2.24, 2.45) is 0 Å². The number of aromatic nitrogens is 1. The van der Waals surface area contributed by atoms with Crippen molar-refractivity contribution in [2.45, 2.75) is 4.90 Å². The minimum absolute atomic E-state index is 0.0671. The van der Waals surface area contributed by atoms with E-state index < -0.39 is 15.8 Å². The van der Waals surface area contributed by atoms with E-state index in [1.165, 1.54) is 31.4 Å². The van der Waals surface area contributed by atoms with Crippen LogP contribution in [0, 0.1) is 5.82 Å². The predicted octanol–water partition coefficient (Wildman–Crippen LogP) is 3.33. The Morgan fingerprint density at radius 1 is 1.15 bits per heavy atom. The molecule has 0 aliphatic heterocycles. The number of hydrogen-bond acceptors (Lipinski definition) is 6. The third-order valence-electron chi connectivity index (χ3n) is 3.63. The van der Waals surface area contributed by atoms with E-state index in [-0.39, 0.29) is 27.9 Å². The van der Waals surface area contributed by atoms with Gasteiger partial charge in [0.25, 0.3) is 10.0 Å². The number of anilines is 2. The first-order valence-electron chi connectivity index (χ1n) is 7.55. The van der Waals surface area contributed by atoms with Crippen molar-refractivity contribution in [3.05, 3.63) is 54.3 Å². The Kier molecular flexibility index (Phi) is 4.81. The van der Waals surface area contributed by atoms with Crippen LogP contribution in [0.4, 0.5) is 16.0 Å². The molecule has 9 heteroatoms. The van der Waals surface area contributed by atoms with Gasteiger partial charge in [-0.2, -0.15) is 0 Å². The molecule has 0 aliphatic rings. The summed E-state index contributed by atoms with van der Waals surface area (Å²) >= 11 is 0. The van der Waals surface area contributed by atoms with Gasteiger partial charge in [0.1, 0.15) is 11.4 Å². The first-order chi connectivity index (χ1) is 12.5. The zero-order chi connectivity index (χ0) is 18.7. The van der Waals surface area contributed by atoms with E-state index in [9.17, 15) is 12.8 Å². The van der Waals surface area contributed by atoms with Gasteiger partial charge in [-0.05, 0) is 30.3 Å². The molecule has 3 rings (SSSR count). The minimum Gasteiger partial charge on any atom is -0.494 e. The number of halogens is 1. The van der Waals surface area contributed by atoms with E-state index in [0.717, 1.165) is 0 Å². The van der Waals surface area contributed by atoms with Crippen LogP contribution in [0.25, 0.3) is 11.3 Å². The largest absolute Gasteiger partial charge is 0.494 e. The molecule has 0 spiro atoms. The van der Waals surface area contributed by atoms with Crippen molar-refractivity contribution in [1.82, 2.24) is 5.16 Å². The molecule has 3 aromatic rings. The lowest BCUT2D eigenvalue weighted by molar-refractivity contribution is 0.386. The fourth-order valence-electron chi connectivity index (χ4n) is 2.36. The second kappa shape index (κ2) is 7.04. The Bertz CT molecular complexity index is 1020. The highest BCUT2D eigenvalue weighted by molar-refractivity contribution is 7.92. The van der Waals surface area contributed by atoms with Crippen molar-refractivity contribution in [2.75, 3.05) is 24.2 Å². The first-order valence-corrected chi connectivity index (χ1v) is 9.04. The van der Waals surface area contributed by atoms with Gasteiger partial charge in [0.05, 0.1) is 12.0 Å². The third kappa shape index (κ3) is 3.33. The van der Waals surface area contributed by atoms with E-state index in [1.54, 1.807) is 31.3 Å². The summed E-state index contributed by atoms with van der Waals surface area (Å²) in [5.74, 6) is -0.427. The van der Waals surface area contributed by atoms with Crippen LogP contribution in [0.1, 0.15) is 0 Å². The van der Waals surface area contributed by atoms with Crippen LogP contribution in [0.5, 0.6) is 5.75 Å². The summed E-state index contributed by atoms with van der Waals surface area (Å²) in [6, 6.07) is 12.0. The smallest absolute Gasteiger partial charge is 0.262 e. The fourth-order valence-corrected chi connectivity index (χ4v) is 3.45. The highest BCUT2D eigenvalue weighted by Gasteiger charge is 2.24. The number of sulfonamides is 1. The average Bonchev–Trinajstić information content (AvgIpc) is 3.04. The number of rotatable bonds is 6. The molecular formula is C17H16FN3O4S. The molecule has 1 heterocycles. The molecule has 1 aromatic heterocycles. The van der Waals surface area contributed by atoms with E-state index in [4.69, 9.17) is 9.26 Å². The second-order valence-corrected chi connectivity index (χ2v) is 6.94. The van der Waals surface area contributed by atoms with E-state index in [2.05, 4.69) is 15.2 Å². The van der Waals surface area contributed by atoms with Crippen LogP contribution in [-0.4, -0.2) is 27.7 Å². The summed E-state index contributed by atoms with van der Waals surface area (Å²) in [6.45, 7) is 0. The Balaban J connectivity index is 2.05. The van der Waals surface area contributed by atoms with Gasteiger partial charge in [0.15, 0.2) is 11.6 Å². The van der Waals surface area contributed by atoms with Crippen molar-refractivity contribution in [3.63, 3.8) is 0 Å². The zero-order valence-corrected chi connectivity index (χ0v) is 14.8. The number of hydrogen-bond donors (Lipinski definition) is 2. The topological polar surface area (TPSA) is 93.5 Å². The van der Waals surface area contributed by atoms with Crippen LogP contribution in [-0.2, 0) is 10.0 Å². The number of nitrogens with one attached hydrogen (secondary N) is 2. The van der Waals surface area contributed by atoms with Crippen LogP contribution in [0.15, 0.2) is 57.9 Å². The Hall–Kier alpha value is -3.07. The normalized spacial score (nSPS) is 11.2. The molecular weight excluding hydrogens is 361 g/mol. The van der Waals surface area contributed by atoms with E-state index in [1.807, 2.05) is 0 Å². The van der Waals surface area contributed by atoms with Crippen LogP contribution >= 0.6 is 0 Å². The van der Waals surface area contributed by atoms with Gasteiger partial charge in [0.2, 0.25) is 5.88 Å². The molecule has 0 bridgehead atoms. The molecule has 0 saturated heterocycles. The second-order valence-electron chi connectivity index (χ2n) is 5.25. The molecule has 0 amide bonds. The zero-order valence-electron chi connectivity index (χ0n) is 14.0. The third-order valence-corrected chi connectivity index (χ3v) is 5.00. The summed E-state index contributed by atoms with van der Waals surface area (Å²) in [6.07, 6.45) is 0. The van der Waals surface area contributed by atoms with Gasteiger partial charge in [-0.15, -0.1) is 0 Å². The molecule has 0 aliphatic carbocycles. The Morgan fingerprint density at radius 3 is 2.50 bits per heavy atom. The van der Waals surface area contributed by atoms with Gasteiger partial charge in [-0.3, -0.25) is 4.72 Å². The maximum Gasteiger partial charge on any atom is 0.262 e. The number of methoxy groups -OCH3 is 1. The fraction of sp³-hybridized carbons (Fsp3) is 0.118. The van der Waals surface area contributed by atoms with Gasteiger partial charge < -0.3 is 14.6 Å². The van der Waals surface area contributed by atoms with Crippen molar-refractivity contribution < 1.29 is 22.1 Å². The lowest BCUT2D eigenvalue weighted by Gasteiger charge is -2.09. The highest BCUT2D eigenvalue weighted by Crippen LogP contribution is 2.36. The SMILES string of the molecule is CNc1onc(-c2ccc(OC)c(F)c2)c1NS(=O)(=O)c1ccccc1. The molecule has 0 saturated carbocycles. The molecule has 0 unspecified atom stereocenters. The maximum atomic E-state index is 14.0. The number of ether oxygens (including phenoxy) is 1. The van der Waals surface area contributed by atoms with E-state index in [0.29, 0.717) is 5.56 Å². The molecule has 7 nitrogen and oxygen atoms in total. The molecule has 2 aromatic carbocycles. The van der Waals surface area contributed by atoms with Crippen molar-refractivity contribution in [3.8, 4) is 17.0 Å². The molecule has 136 valence electrons. The van der Waals surface area contributed by atoms with E-state index >= 15 is 0 Å². The van der Waals surface area contributed by atoms with Crippen molar-refractivity contribution in [1.29, 1.82) is 0 Å². The lowest BCUT2D eigenvalue weighted by atomic mass is 10.1. The number of nitrogens with zero attached hydrogens (tertiary/aromatic N) is 1. The molecule has 0 radical (unpaired) electrons. The molecule has 0 fully saturated rings. The number of benzene rings is 2. The first kappa shape index (κ1) is 17.7. The van der Waals surface area contributed by atoms with Crippen LogP contribution < -0.4 is 14.8 Å². The molecule has 2 N–H and O–H groups in total. The summed E-state index contributed by atoms with van der Waals surface area (Å²) in [5, 5.41) is 6.58. The summed E-state index contributed by atoms with van der Waals surface area (Å²) < 4.78 is 51.7. The van der Waals surface area contributed by atoms with Crippen LogP contribution in [0.3, 0.4) is 0 Å². The quantitative estimate of drug-likeness (QED) is 0.684. The highest BCUT2D eigenvalue weighted by atomic mass is 32.2. The van der Waals surface area contributed by atoms with Crippen LogP contribution in [0.2, 0.25) is 0 Å². The van der Waals surface area contributed by atoms with Gasteiger partial charge in [-0.1, -0.05) is 23.4 Å². The Labute approximate surface area is 149 Å². The standard InChI is InChI=1S/C17H16FN3O4S/c1-19-17-16(21-26(22,23)12-6-4-3-5-7-12)15(20-25-17)11-8-9-14(24-2)13(18)10-11/h3-10,19,21H,1-2H3. The van der Waals surface area contributed by atoms with Crippen molar-refractivity contribution >= 4 is 21.6 Å². The minimum atomic E-state index is -3.88. The average molecular weight is 377 g/mol. The monoisotopic (exact) mass is 377 g/mol. The van der Waals surface area contributed by atoms with Gasteiger partial charge in [-0.25, -0.2) is 12.8 Å². The maximum absolute atomic E-state index is 14.0.